The average Bonchev–Trinajstić information content (AvgIpc) is 3.16. The van der Waals surface area contributed by atoms with Gasteiger partial charge in [-0.15, -0.1) is 0 Å². The van der Waals surface area contributed by atoms with Crippen LogP contribution in [-0.2, 0) is 21.2 Å². The first kappa shape index (κ1) is 23.1. The van der Waals surface area contributed by atoms with E-state index in [1.54, 1.807) is 36.4 Å². The lowest BCUT2D eigenvalue weighted by Crippen LogP contribution is -2.15. The van der Waals surface area contributed by atoms with Crippen molar-refractivity contribution in [3.63, 3.8) is 0 Å². The van der Waals surface area contributed by atoms with Crippen LogP contribution in [0.1, 0.15) is 26.5 Å². The number of methoxy groups -OCH3 is 1. The van der Waals surface area contributed by atoms with Gasteiger partial charge in [0.25, 0.3) is 10.0 Å². The number of benzene rings is 2. The van der Waals surface area contributed by atoms with Crippen molar-refractivity contribution in [3.05, 3.63) is 48.2 Å². The lowest BCUT2D eigenvalue weighted by atomic mass is 10.0. The Labute approximate surface area is 186 Å². The van der Waals surface area contributed by atoms with E-state index < -0.39 is 10.0 Å². The summed E-state index contributed by atoms with van der Waals surface area (Å²) in [6.45, 7) is 5.43. The van der Waals surface area contributed by atoms with Crippen molar-refractivity contribution in [1.29, 1.82) is 0 Å². The number of ether oxygens (including phenoxy) is 2. The van der Waals surface area contributed by atoms with Gasteiger partial charge in [0, 0.05) is 6.92 Å². The van der Waals surface area contributed by atoms with E-state index in [4.69, 9.17) is 14.0 Å². The van der Waals surface area contributed by atoms with Gasteiger partial charge in [0.05, 0.1) is 30.7 Å². The van der Waals surface area contributed by atoms with Crippen LogP contribution >= 0.6 is 0 Å². The third kappa shape index (κ3) is 4.86. The summed E-state index contributed by atoms with van der Waals surface area (Å²) in [6.07, 6.45) is 0.520. The maximum atomic E-state index is 13.3. The zero-order valence-electron chi connectivity index (χ0n) is 18.3. The number of nitrogens with zero attached hydrogens (tertiary/aromatic N) is 1. The highest BCUT2D eigenvalue weighted by atomic mass is 32.2. The number of carbonyl (C=O) groups is 1. The summed E-state index contributed by atoms with van der Waals surface area (Å²) in [7, 11) is -2.67. The van der Waals surface area contributed by atoms with Crippen molar-refractivity contribution in [2.24, 2.45) is 0 Å². The van der Waals surface area contributed by atoms with E-state index in [0.29, 0.717) is 41.3 Å². The van der Waals surface area contributed by atoms with Crippen molar-refractivity contribution in [1.82, 2.24) is 5.16 Å². The SMILES string of the molecule is CCOc1ccccc1NS(=O)(=O)c1cc(-c2c(CC)noc2NC(C)=O)ccc1OC. The summed E-state index contributed by atoms with van der Waals surface area (Å²) in [5, 5.41) is 6.59. The van der Waals surface area contributed by atoms with Gasteiger partial charge in [0.1, 0.15) is 16.4 Å². The molecule has 1 aromatic heterocycles. The number of amides is 1. The lowest BCUT2D eigenvalue weighted by molar-refractivity contribution is -0.114. The van der Waals surface area contributed by atoms with Crippen LogP contribution < -0.4 is 19.5 Å². The number of carbonyl (C=O) groups excluding carboxylic acids is 1. The first-order valence-corrected chi connectivity index (χ1v) is 11.5. The van der Waals surface area contributed by atoms with Gasteiger partial charge in [-0.1, -0.05) is 30.3 Å². The predicted octanol–water partition coefficient (Wildman–Crippen LogP) is 4.07. The Morgan fingerprint density at radius 3 is 2.53 bits per heavy atom. The minimum atomic E-state index is -4.06. The summed E-state index contributed by atoms with van der Waals surface area (Å²) in [4.78, 5) is 11.5. The fourth-order valence-electron chi connectivity index (χ4n) is 3.18. The van der Waals surface area contributed by atoms with Crippen molar-refractivity contribution in [2.75, 3.05) is 23.8 Å². The number of sulfonamides is 1. The minimum absolute atomic E-state index is 0.0826. The molecule has 0 spiro atoms. The predicted molar refractivity (Wildman–Crippen MR) is 121 cm³/mol. The zero-order valence-corrected chi connectivity index (χ0v) is 19.1. The molecule has 3 rings (SSSR count). The second-order valence-corrected chi connectivity index (χ2v) is 8.42. The summed E-state index contributed by atoms with van der Waals surface area (Å²) >= 11 is 0. The quantitative estimate of drug-likeness (QED) is 0.495. The van der Waals surface area contributed by atoms with Gasteiger partial charge in [0.2, 0.25) is 11.8 Å². The van der Waals surface area contributed by atoms with E-state index in [2.05, 4.69) is 15.2 Å². The van der Waals surface area contributed by atoms with E-state index in [0.717, 1.165) is 0 Å². The second kappa shape index (κ2) is 9.73. The molecule has 10 heteroatoms. The number of rotatable bonds is 9. The number of anilines is 2. The number of aromatic nitrogens is 1. The van der Waals surface area contributed by atoms with Gasteiger partial charge in [0.15, 0.2) is 0 Å². The summed E-state index contributed by atoms with van der Waals surface area (Å²) < 4.78 is 45.3. The Kier molecular flexibility index (Phi) is 7.04. The van der Waals surface area contributed by atoms with Crippen LogP contribution in [-0.4, -0.2) is 33.2 Å². The first-order valence-electron chi connectivity index (χ1n) is 9.99. The molecular formula is C22H25N3O6S. The second-order valence-electron chi connectivity index (χ2n) is 6.77. The van der Waals surface area contributed by atoms with Crippen LogP contribution in [0, 0.1) is 0 Å². The molecule has 2 aromatic carbocycles. The lowest BCUT2D eigenvalue weighted by Gasteiger charge is -2.15. The Hall–Kier alpha value is -3.53. The minimum Gasteiger partial charge on any atom is -0.495 e. The maximum Gasteiger partial charge on any atom is 0.265 e. The van der Waals surface area contributed by atoms with Crippen molar-refractivity contribution >= 4 is 27.5 Å². The van der Waals surface area contributed by atoms with E-state index in [-0.39, 0.29) is 22.4 Å². The van der Waals surface area contributed by atoms with Gasteiger partial charge < -0.3 is 14.0 Å². The highest BCUT2D eigenvalue weighted by molar-refractivity contribution is 7.92. The Morgan fingerprint density at radius 1 is 1.12 bits per heavy atom. The fourth-order valence-corrected chi connectivity index (χ4v) is 4.45. The third-order valence-electron chi connectivity index (χ3n) is 4.56. The number of hydrogen-bond donors (Lipinski definition) is 2. The van der Waals surface area contributed by atoms with Crippen molar-refractivity contribution in [3.8, 4) is 22.6 Å². The summed E-state index contributed by atoms with van der Waals surface area (Å²) in [5.74, 6) is 0.387. The van der Waals surface area contributed by atoms with Crippen LogP contribution in [0.25, 0.3) is 11.1 Å². The molecule has 2 N–H and O–H groups in total. The molecule has 0 aliphatic heterocycles. The third-order valence-corrected chi connectivity index (χ3v) is 5.95. The molecule has 0 bridgehead atoms. The van der Waals surface area contributed by atoms with Gasteiger partial charge in [-0.25, -0.2) is 8.42 Å². The summed E-state index contributed by atoms with van der Waals surface area (Å²) in [6, 6.07) is 11.4. The molecular weight excluding hydrogens is 434 g/mol. The molecule has 0 atom stereocenters. The van der Waals surface area contributed by atoms with Crippen LogP contribution in [0.15, 0.2) is 51.9 Å². The molecule has 0 unspecified atom stereocenters. The number of hydrogen-bond acceptors (Lipinski definition) is 7. The maximum absolute atomic E-state index is 13.3. The van der Waals surface area contributed by atoms with Crippen LogP contribution in [0.4, 0.5) is 11.6 Å². The Balaban J connectivity index is 2.10. The standard InChI is InChI=1S/C22H25N3O6S/c1-5-16-21(22(31-24-16)23-14(3)26)15-11-12-19(29-4)20(13-15)32(27,28)25-17-9-7-8-10-18(17)30-6-2/h7-13,25H,5-6H2,1-4H3,(H,23,26). The largest absolute Gasteiger partial charge is 0.495 e. The molecule has 0 saturated heterocycles. The molecule has 9 nitrogen and oxygen atoms in total. The zero-order chi connectivity index (χ0) is 23.3. The van der Waals surface area contributed by atoms with Gasteiger partial charge >= 0.3 is 0 Å². The average molecular weight is 460 g/mol. The molecule has 0 saturated carbocycles. The molecule has 0 radical (unpaired) electrons. The molecule has 0 aliphatic rings. The van der Waals surface area contributed by atoms with E-state index in [1.165, 1.54) is 20.1 Å². The van der Waals surface area contributed by atoms with Gasteiger partial charge in [-0.3, -0.25) is 14.8 Å². The molecule has 32 heavy (non-hydrogen) atoms. The highest BCUT2D eigenvalue weighted by Crippen LogP contribution is 2.37. The Bertz CT molecular complexity index is 1220. The van der Waals surface area contributed by atoms with Crippen molar-refractivity contribution < 1.29 is 27.2 Å². The molecule has 1 amide bonds. The number of para-hydroxylation sites is 2. The fraction of sp³-hybridized carbons (Fsp3) is 0.273. The number of aryl methyl sites for hydroxylation is 1. The topological polar surface area (TPSA) is 120 Å². The van der Waals surface area contributed by atoms with Crippen LogP contribution in [0.3, 0.4) is 0 Å². The van der Waals surface area contributed by atoms with E-state index in [1.807, 2.05) is 13.8 Å². The van der Waals surface area contributed by atoms with Gasteiger partial charge in [-0.2, -0.15) is 0 Å². The summed E-state index contributed by atoms with van der Waals surface area (Å²) in [5.41, 5.74) is 1.90. The van der Waals surface area contributed by atoms with Crippen LogP contribution in [0.5, 0.6) is 11.5 Å². The van der Waals surface area contributed by atoms with Crippen molar-refractivity contribution in [2.45, 2.75) is 32.1 Å². The van der Waals surface area contributed by atoms with Crippen LogP contribution in [0.2, 0.25) is 0 Å². The Morgan fingerprint density at radius 2 is 1.88 bits per heavy atom. The normalized spacial score (nSPS) is 11.1. The smallest absolute Gasteiger partial charge is 0.265 e. The molecule has 1 heterocycles. The number of nitrogens with one attached hydrogen (secondary N) is 2. The molecule has 0 aliphatic carbocycles. The molecule has 0 fully saturated rings. The van der Waals surface area contributed by atoms with Gasteiger partial charge in [-0.05, 0) is 43.2 Å². The highest BCUT2D eigenvalue weighted by Gasteiger charge is 2.25. The monoisotopic (exact) mass is 459 g/mol. The van der Waals surface area contributed by atoms with E-state index >= 15 is 0 Å². The van der Waals surface area contributed by atoms with E-state index in [9.17, 15) is 13.2 Å². The first-order chi connectivity index (χ1) is 15.3. The molecule has 3 aromatic rings. The molecule has 170 valence electrons.